The van der Waals surface area contributed by atoms with E-state index in [1.807, 2.05) is 27.7 Å². The van der Waals surface area contributed by atoms with E-state index in [4.69, 9.17) is 15.0 Å². The zero-order valence-electron chi connectivity index (χ0n) is 20.0. The lowest BCUT2D eigenvalue weighted by Crippen LogP contribution is -2.51. The lowest BCUT2D eigenvalue weighted by molar-refractivity contribution is -0.139. The Balaban J connectivity index is 0.00000291. The molecule has 182 valence electrons. The van der Waals surface area contributed by atoms with Crippen LogP contribution < -0.4 is 11.4 Å². The van der Waals surface area contributed by atoms with Crippen LogP contribution in [0.1, 0.15) is 60.8 Å². The largest absolute Gasteiger partial charge is 0.383 e. The van der Waals surface area contributed by atoms with Crippen molar-refractivity contribution >= 4 is 13.3 Å². The van der Waals surface area contributed by atoms with E-state index in [-0.39, 0.29) is 37.7 Å². The second kappa shape index (κ2) is 12.7. The van der Waals surface area contributed by atoms with Crippen LogP contribution in [0.5, 0.6) is 0 Å². The molecule has 0 aliphatic carbocycles. The van der Waals surface area contributed by atoms with E-state index < -0.39 is 19.4 Å². The quantitative estimate of drug-likeness (QED) is 0.615. The summed E-state index contributed by atoms with van der Waals surface area (Å²) in [5, 5.41) is 0. The minimum atomic E-state index is -2.95. The predicted octanol–water partition coefficient (Wildman–Crippen LogP) is 3.58. The number of rotatable bonds is 7. The van der Waals surface area contributed by atoms with Crippen LogP contribution >= 0.6 is 7.52 Å². The Morgan fingerprint density at radius 1 is 1.29 bits per heavy atom. The molecule has 2 heterocycles. The first kappa shape index (κ1) is 29.8. The third kappa shape index (κ3) is 7.39. The summed E-state index contributed by atoms with van der Waals surface area (Å²) in [7, 11) is 0.565. The Labute approximate surface area is 188 Å². The molecule has 1 aromatic rings. The summed E-state index contributed by atoms with van der Waals surface area (Å²) in [5.74, 6) is 0.224. The Kier molecular flexibility index (Phi) is 12.2. The SMILES string of the molecule is C.CC.Cc1cn([C@H]2CN(C(C)C)C[C@@H](COP(=O)(C(C)C)N(C)C)O2)c(=O)nc1N. The first-order valence-electron chi connectivity index (χ1n) is 10.6. The van der Waals surface area contributed by atoms with Crippen LogP contribution in [-0.2, 0) is 13.8 Å². The highest BCUT2D eigenvalue weighted by molar-refractivity contribution is 7.57. The highest BCUT2D eigenvalue weighted by atomic mass is 31.2. The number of hydrogen-bond acceptors (Lipinski definition) is 7. The normalized spacial score (nSPS) is 21.4. The summed E-state index contributed by atoms with van der Waals surface area (Å²) >= 11 is 0. The Morgan fingerprint density at radius 2 is 1.87 bits per heavy atom. The topological polar surface area (TPSA) is 103 Å². The summed E-state index contributed by atoms with van der Waals surface area (Å²) in [6, 6.07) is 0.262. The number of nitrogens with zero attached hydrogens (tertiary/aromatic N) is 4. The molecular weight excluding hydrogens is 417 g/mol. The summed E-state index contributed by atoms with van der Waals surface area (Å²) in [6.07, 6.45) is 0.843. The maximum atomic E-state index is 13.1. The van der Waals surface area contributed by atoms with Crippen LogP contribution in [0.25, 0.3) is 0 Å². The van der Waals surface area contributed by atoms with Crippen molar-refractivity contribution in [3.8, 4) is 0 Å². The third-order valence-corrected chi connectivity index (χ3v) is 7.99. The maximum absolute atomic E-state index is 13.1. The molecule has 0 amide bonds. The van der Waals surface area contributed by atoms with Gasteiger partial charge in [0.1, 0.15) is 5.82 Å². The van der Waals surface area contributed by atoms with Crippen molar-refractivity contribution in [3.63, 3.8) is 0 Å². The third-order valence-electron chi connectivity index (χ3n) is 5.05. The second-order valence-corrected chi connectivity index (χ2v) is 11.3. The van der Waals surface area contributed by atoms with E-state index in [0.717, 1.165) is 5.56 Å². The van der Waals surface area contributed by atoms with Gasteiger partial charge in [-0.3, -0.25) is 14.0 Å². The van der Waals surface area contributed by atoms with Gasteiger partial charge in [0.15, 0.2) is 6.23 Å². The van der Waals surface area contributed by atoms with Gasteiger partial charge in [0.2, 0.25) is 0 Å². The van der Waals surface area contributed by atoms with Crippen molar-refractivity contribution in [2.75, 3.05) is 39.5 Å². The molecule has 1 aliphatic heterocycles. The number of hydrogen-bond donors (Lipinski definition) is 1. The van der Waals surface area contributed by atoms with Crippen LogP contribution in [-0.4, -0.2) is 70.7 Å². The molecule has 1 unspecified atom stereocenters. The molecular formula is C21H44N5O4P. The Hall–Kier alpha value is -1.25. The molecule has 10 heteroatoms. The molecule has 3 atom stereocenters. The van der Waals surface area contributed by atoms with Gasteiger partial charge in [-0.05, 0) is 34.9 Å². The summed E-state index contributed by atoms with van der Waals surface area (Å²) in [4.78, 5) is 18.5. The minimum absolute atomic E-state index is 0. The summed E-state index contributed by atoms with van der Waals surface area (Å²) in [6.45, 7) is 15.1. The first-order chi connectivity index (χ1) is 14.0. The van der Waals surface area contributed by atoms with Crippen molar-refractivity contribution in [2.24, 2.45) is 0 Å². The predicted molar refractivity (Wildman–Crippen MR) is 129 cm³/mol. The average Bonchev–Trinajstić information content (AvgIpc) is 2.69. The van der Waals surface area contributed by atoms with Gasteiger partial charge in [0.05, 0.1) is 12.7 Å². The second-order valence-electron chi connectivity index (χ2n) is 8.06. The van der Waals surface area contributed by atoms with Crippen LogP contribution in [0, 0.1) is 6.92 Å². The number of ether oxygens (including phenoxy) is 1. The van der Waals surface area contributed by atoms with Gasteiger partial charge in [-0.1, -0.05) is 35.1 Å². The zero-order valence-corrected chi connectivity index (χ0v) is 20.8. The van der Waals surface area contributed by atoms with Gasteiger partial charge < -0.3 is 15.0 Å². The van der Waals surface area contributed by atoms with Crippen LogP contribution in [0.2, 0.25) is 0 Å². The summed E-state index contributed by atoms with van der Waals surface area (Å²) in [5.41, 5.74) is 5.89. The van der Waals surface area contributed by atoms with Crippen LogP contribution in [0.4, 0.5) is 5.82 Å². The molecule has 0 spiro atoms. The number of nitrogen functional groups attached to an aromatic ring is 1. The van der Waals surface area contributed by atoms with Gasteiger partial charge in [-0.15, -0.1) is 0 Å². The molecule has 0 aromatic carbocycles. The van der Waals surface area contributed by atoms with E-state index in [2.05, 4.69) is 23.7 Å². The number of aryl methyl sites for hydroxylation is 1. The number of nitrogens with two attached hydrogens (primary N) is 1. The molecule has 31 heavy (non-hydrogen) atoms. The fraction of sp³-hybridized carbons (Fsp3) is 0.810. The standard InChI is InChI=1S/C18H34N5O4P.C2H6.CH4/c1-12(2)22-9-15(11-26-28(25,13(3)4)21(6)7)27-16(10-22)23-8-14(5)17(19)20-18(23)24;1-2;/h8,12-13,15-16H,9-11H2,1-7H3,(H2,19,20,24);1-2H3;1H4/t15-,16+,28?;;/m0../s1. The highest BCUT2D eigenvalue weighted by Gasteiger charge is 2.35. The lowest BCUT2D eigenvalue weighted by atomic mass is 10.2. The van der Waals surface area contributed by atoms with Gasteiger partial charge in [0, 0.05) is 36.6 Å². The Bertz CT molecular complexity index is 770. The fourth-order valence-corrected chi connectivity index (χ4v) is 5.05. The van der Waals surface area contributed by atoms with Crippen molar-refractivity contribution in [1.29, 1.82) is 0 Å². The van der Waals surface area contributed by atoms with Gasteiger partial charge in [-0.2, -0.15) is 4.98 Å². The van der Waals surface area contributed by atoms with Crippen LogP contribution in [0.3, 0.4) is 0 Å². The number of morpholine rings is 1. The van der Waals surface area contributed by atoms with Gasteiger partial charge >= 0.3 is 5.69 Å². The zero-order chi connectivity index (χ0) is 23.2. The smallest absolute Gasteiger partial charge is 0.351 e. The molecule has 9 nitrogen and oxygen atoms in total. The van der Waals surface area contributed by atoms with Crippen LogP contribution in [0.15, 0.2) is 11.0 Å². The molecule has 2 N–H and O–H groups in total. The minimum Gasteiger partial charge on any atom is -0.383 e. The maximum Gasteiger partial charge on any atom is 0.351 e. The molecule has 0 saturated carbocycles. The number of anilines is 1. The molecule has 2 rings (SSSR count). The highest BCUT2D eigenvalue weighted by Crippen LogP contribution is 2.53. The molecule has 1 saturated heterocycles. The van der Waals surface area contributed by atoms with Gasteiger partial charge in [-0.25, -0.2) is 9.46 Å². The molecule has 1 fully saturated rings. The van der Waals surface area contributed by atoms with E-state index >= 15 is 0 Å². The monoisotopic (exact) mass is 461 g/mol. The molecule has 0 radical (unpaired) electrons. The number of aromatic nitrogens is 2. The van der Waals surface area contributed by atoms with Crippen molar-refractivity contribution in [2.45, 2.75) is 79.9 Å². The summed E-state index contributed by atoms with van der Waals surface area (Å²) < 4.78 is 28.3. The van der Waals surface area contributed by atoms with E-state index in [9.17, 15) is 9.36 Å². The fourth-order valence-electron chi connectivity index (χ4n) is 3.21. The van der Waals surface area contributed by atoms with E-state index in [1.54, 1.807) is 31.9 Å². The van der Waals surface area contributed by atoms with Crippen molar-refractivity contribution in [1.82, 2.24) is 19.1 Å². The Morgan fingerprint density at radius 3 is 2.35 bits per heavy atom. The molecule has 0 bridgehead atoms. The van der Waals surface area contributed by atoms with Gasteiger partial charge in [0.25, 0.3) is 7.52 Å². The van der Waals surface area contributed by atoms with E-state index in [0.29, 0.717) is 13.1 Å². The van der Waals surface area contributed by atoms with Crippen molar-refractivity contribution < 1.29 is 13.8 Å². The first-order valence-corrected chi connectivity index (χ1v) is 12.3. The molecule has 1 aliphatic rings. The average molecular weight is 462 g/mol. The van der Waals surface area contributed by atoms with E-state index in [1.165, 1.54) is 4.57 Å². The lowest BCUT2D eigenvalue weighted by Gasteiger charge is -2.41. The molecule has 1 aromatic heterocycles. The van der Waals surface area contributed by atoms with Crippen molar-refractivity contribution in [3.05, 3.63) is 22.2 Å².